The first-order valence-electron chi connectivity index (χ1n) is 8.25. The summed E-state index contributed by atoms with van der Waals surface area (Å²) in [6.45, 7) is 5.58. The normalized spacial score (nSPS) is 20.3. The van der Waals surface area contributed by atoms with Crippen LogP contribution in [0.15, 0.2) is 30.3 Å². The Morgan fingerprint density at radius 1 is 1.00 bits per heavy atom. The zero-order valence-corrected chi connectivity index (χ0v) is 12.9. The molecule has 1 aromatic carbocycles. The quantitative estimate of drug-likeness (QED) is 0.850. The summed E-state index contributed by atoms with van der Waals surface area (Å²) in [5.41, 5.74) is 0.430. The van der Waals surface area contributed by atoms with Gasteiger partial charge in [0.25, 0.3) is 0 Å². The fourth-order valence-electron chi connectivity index (χ4n) is 3.28. The molecule has 1 aliphatic rings. The van der Waals surface area contributed by atoms with Gasteiger partial charge in [-0.05, 0) is 44.3 Å². The van der Waals surface area contributed by atoms with Gasteiger partial charge in [0.05, 0.1) is 5.60 Å². The van der Waals surface area contributed by atoms with Crippen LogP contribution in [0.25, 0.3) is 0 Å². The van der Waals surface area contributed by atoms with Crippen molar-refractivity contribution in [2.24, 2.45) is 0 Å². The summed E-state index contributed by atoms with van der Waals surface area (Å²) in [5, 5.41) is 11.1. The average Bonchev–Trinajstić information content (AvgIpc) is 2.75. The number of hydrogen-bond acceptors (Lipinski definition) is 2. The molecule has 0 bridgehead atoms. The molecule has 20 heavy (non-hydrogen) atoms. The zero-order chi connectivity index (χ0) is 14.3. The topological polar surface area (TPSA) is 23.5 Å². The van der Waals surface area contributed by atoms with Gasteiger partial charge in [0, 0.05) is 6.54 Å². The number of rotatable bonds is 6. The van der Waals surface area contributed by atoms with Crippen molar-refractivity contribution in [3.63, 3.8) is 0 Å². The average molecular weight is 275 g/mol. The molecular formula is C18H29NO. The Bertz CT molecular complexity index is 370. The maximum absolute atomic E-state index is 11.1. The van der Waals surface area contributed by atoms with E-state index in [9.17, 15) is 5.11 Å². The van der Waals surface area contributed by atoms with Gasteiger partial charge in [0.2, 0.25) is 0 Å². The first kappa shape index (κ1) is 15.5. The van der Waals surface area contributed by atoms with E-state index in [0.717, 1.165) is 31.4 Å². The minimum atomic E-state index is -0.650. The van der Waals surface area contributed by atoms with E-state index in [1.807, 2.05) is 18.2 Å². The van der Waals surface area contributed by atoms with Gasteiger partial charge in [-0.25, -0.2) is 0 Å². The van der Waals surface area contributed by atoms with Crippen molar-refractivity contribution in [2.45, 2.75) is 57.5 Å². The third-order valence-corrected chi connectivity index (χ3v) is 4.52. The number of aliphatic hydroxyl groups is 1. The molecule has 1 aliphatic heterocycles. The smallest absolute Gasteiger partial charge is 0.0908 e. The molecular weight excluding hydrogens is 246 g/mol. The molecule has 112 valence electrons. The van der Waals surface area contributed by atoms with Gasteiger partial charge in [0.1, 0.15) is 0 Å². The summed E-state index contributed by atoms with van der Waals surface area (Å²) >= 11 is 0. The molecule has 1 heterocycles. The van der Waals surface area contributed by atoms with E-state index in [1.165, 1.54) is 38.8 Å². The SMILES string of the molecule is CCC[C@@](O)(CCN1CCCCCC1)c1ccccc1. The molecule has 2 rings (SSSR count). The summed E-state index contributed by atoms with van der Waals surface area (Å²) in [5.74, 6) is 0. The Labute approximate surface area is 123 Å². The molecule has 0 radical (unpaired) electrons. The van der Waals surface area contributed by atoms with Crippen molar-refractivity contribution in [2.75, 3.05) is 19.6 Å². The zero-order valence-electron chi connectivity index (χ0n) is 12.9. The lowest BCUT2D eigenvalue weighted by Crippen LogP contribution is -2.34. The lowest BCUT2D eigenvalue weighted by molar-refractivity contribution is 0.00826. The molecule has 2 heteroatoms. The third kappa shape index (κ3) is 4.32. The molecule has 1 saturated heterocycles. The maximum Gasteiger partial charge on any atom is 0.0908 e. The Kier molecular flexibility index (Phi) is 6.06. The molecule has 1 aromatic rings. The monoisotopic (exact) mass is 275 g/mol. The summed E-state index contributed by atoms with van der Waals surface area (Å²) in [4.78, 5) is 2.54. The van der Waals surface area contributed by atoms with Gasteiger partial charge in [-0.1, -0.05) is 56.5 Å². The highest BCUT2D eigenvalue weighted by molar-refractivity contribution is 5.22. The van der Waals surface area contributed by atoms with Crippen LogP contribution in [0, 0.1) is 0 Å². The van der Waals surface area contributed by atoms with Crippen molar-refractivity contribution in [3.05, 3.63) is 35.9 Å². The lowest BCUT2D eigenvalue weighted by atomic mass is 9.86. The third-order valence-electron chi connectivity index (χ3n) is 4.52. The largest absolute Gasteiger partial charge is 0.385 e. The van der Waals surface area contributed by atoms with Gasteiger partial charge in [-0.2, -0.15) is 0 Å². The van der Waals surface area contributed by atoms with Crippen molar-refractivity contribution in [3.8, 4) is 0 Å². The van der Waals surface area contributed by atoms with Crippen LogP contribution in [-0.4, -0.2) is 29.6 Å². The van der Waals surface area contributed by atoms with E-state index in [1.54, 1.807) is 0 Å². The van der Waals surface area contributed by atoms with Gasteiger partial charge in [-0.15, -0.1) is 0 Å². The molecule has 0 aliphatic carbocycles. The van der Waals surface area contributed by atoms with Gasteiger partial charge < -0.3 is 10.0 Å². The van der Waals surface area contributed by atoms with Gasteiger partial charge in [0.15, 0.2) is 0 Å². The highest BCUT2D eigenvalue weighted by Crippen LogP contribution is 2.30. The molecule has 0 saturated carbocycles. The van der Waals surface area contributed by atoms with Crippen LogP contribution >= 0.6 is 0 Å². The standard InChI is InChI=1S/C18H29NO/c1-2-12-18(20,17-10-6-5-7-11-17)13-16-19-14-8-3-4-9-15-19/h5-7,10-11,20H,2-4,8-9,12-16H2,1H3/t18-/m1/s1. The molecule has 1 N–H and O–H groups in total. The maximum atomic E-state index is 11.1. The van der Waals surface area contributed by atoms with E-state index >= 15 is 0 Å². The first-order valence-corrected chi connectivity index (χ1v) is 8.25. The fourth-order valence-corrected chi connectivity index (χ4v) is 3.28. The minimum absolute atomic E-state index is 0.650. The second-order valence-electron chi connectivity index (χ2n) is 6.15. The molecule has 0 spiro atoms. The number of hydrogen-bond donors (Lipinski definition) is 1. The summed E-state index contributed by atoms with van der Waals surface area (Å²) < 4.78 is 0. The Morgan fingerprint density at radius 3 is 2.25 bits per heavy atom. The predicted molar refractivity (Wildman–Crippen MR) is 84.8 cm³/mol. The van der Waals surface area contributed by atoms with Crippen LogP contribution in [0.5, 0.6) is 0 Å². The van der Waals surface area contributed by atoms with Gasteiger partial charge in [-0.3, -0.25) is 0 Å². The molecule has 2 nitrogen and oxygen atoms in total. The highest BCUT2D eigenvalue weighted by Gasteiger charge is 2.28. The van der Waals surface area contributed by atoms with E-state index in [-0.39, 0.29) is 0 Å². The second-order valence-corrected chi connectivity index (χ2v) is 6.15. The second kappa shape index (κ2) is 7.80. The van der Waals surface area contributed by atoms with Gasteiger partial charge >= 0.3 is 0 Å². The molecule has 1 fully saturated rings. The van der Waals surface area contributed by atoms with Crippen molar-refractivity contribution in [1.82, 2.24) is 4.90 Å². The number of benzene rings is 1. The highest BCUT2D eigenvalue weighted by atomic mass is 16.3. The number of nitrogens with zero attached hydrogens (tertiary/aromatic N) is 1. The summed E-state index contributed by atoms with van der Waals surface area (Å²) in [6.07, 6.45) is 8.10. The van der Waals surface area contributed by atoms with Crippen LogP contribution in [0.1, 0.15) is 57.4 Å². The van der Waals surface area contributed by atoms with Crippen molar-refractivity contribution >= 4 is 0 Å². The summed E-state index contributed by atoms with van der Waals surface area (Å²) in [7, 11) is 0. The van der Waals surface area contributed by atoms with Crippen LogP contribution in [-0.2, 0) is 5.60 Å². The Hall–Kier alpha value is -0.860. The molecule has 1 atom stereocenters. The summed E-state index contributed by atoms with van der Waals surface area (Å²) in [6, 6.07) is 10.2. The lowest BCUT2D eigenvalue weighted by Gasteiger charge is -2.31. The Morgan fingerprint density at radius 2 is 1.65 bits per heavy atom. The predicted octanol–water partition coefficient (Wildman–Crippen LogP) is 3.94. The molecule has 0 unspecified atom stereocenters. The molecule has 0 aromatic heterocycles. The Balaban J connectivity index is 1.97. The van der Waals surface area contributed by atoms with Crippen molar-refractivity contribution in [1.29, 1.82) is 0 Å². The fraction of sp³-hybridized carbons (Fsp3) is 0.667. The van der Waals surface area contributed by atoms with Crippen LogP contribution in [0.4, 0.5) is 0 Å². The van der Waals surface area contributed by atoms with E-state index < -0.39 is 5.60 Å². The number of likely N-dealkylation sites (tertiary alicyclic amines) is 1. The van der Waals surface area contributed by atoms with Crippen LogP contribution in [0.3, 0.4) is 0 Å². The van der Waals surface area contributed by atoms with Crippen LogP contribution < -0.4 is 0 Å². The van der Waals surface area contributed by atoms with E-state index in [4.69, 9.17) is 0 Å². The minimum Gasteiger partial charge on any atom is -0.385 e. The molecule has 0 amide bonds. The van der Waals surface area contributed by atoms with E-state index in [0.29, 0.717) is 0 Å². The van der Waals surface area contributed by atoms with Crippen molar-refractivity contribution < 1.29 is 5.11 Å². The van der Waals surface area contributed by atoms with Crippen LogP contribution in [0.2, 0.25) is 0 Å². The van der Waals surface area contributed by atoms with E-state index in [2.05, 4.69) is 24.0 Å². The first-order chi connectivity index (χ1) is 9.74.